The molecule has 2 heterocycles. The van der Waals surface area contributed by atoms with Gasteiger partial charge < -0.3 is 14.5 Å². The summed E-state index contributed by atoms with van der Waals surface area (Å²) in [5.74, 6) is 1.03. The van der Waals surface area contributed by atoms with Gasteiger partial charge in [0.15, 0.2) is 0 Å². The second-order valence-corrected chi connectivity index (χ2v) is 7.63. The lowest BCUT2D eigenvalue weighted by Crippen LogP contribution is -2.16. The molecule has 6 nitrogen and oxygen atoms in total. The Bertz CT molecular complexity index is 1200. The van der Waals surface area contributed by atoms with Crippen molar-refractivity contribution in [2.45, 2.75) is 33.4 Å². The number of nitrogens with zero attached hydrogens (tertiary/aromatic N) is 4. The number of pyridine rings is 1. The number of nitriles is 1. The topological polar surface area (TPSA) is 77.7 Å². The molecule has 0 aliphatic carbocycles. The molecule has 0 spiro atoms. The molecule has 1 N–H and O–H groups in total. The van der Waals surface area contributed by atoms with Gasteiger partial charge in [-0.2, -0.15) is 5.26 Å². The fraction of sp³-hybridized carbons (Fsp3) is 0.292. The number of nitrogens with one attached hydrogen (secondary N) is 1. The van der Waals surface area contributed by atoms with E-state index in [0.29, 0.717) is 16.3 Å². The van der Waals surface area contributed by atoms with Crippen LogP contribution in [0.5, 0.6) is 0 Å². The van der Waals surface area contributed by atoms with E-state index in [4.69, 9.17) is 0 Å². The van der Waals surface area contributed by atoms with Gasteiger partial charge in [-0.1, -0.05) is 30.7 Å². The first-order valence-electron chi connectivity index (χ1n) is 10.0. The second-order valence-electron chi connectivity index (χ2n) is 7.63. The molecule has 0 aliphatic rings. The molecule has 0 amide bonds. The number of H-pyrrole nitrogens is 1. The van der Waals surface area contributed by atoms with Crippen LogP contribution in [0.1, 0.15) is 37.4 Å². The van der Waals surface area contributed by atoms with Gasteiger partial charge in [-0.25, -0.2) is 4.98 Å². The first kappa shape index (κ1) is 21.3. The van der Waals surface area contributed by atoms with Gasteiger partial charge in [-0.05, 0) is 51.2 Å². The molecule has 6 heteroatoms. The average Bonchev–Trinajstić information content (AvgIpc) is 3.16. The van der Waals surface area contributed by atoms with E-state index in [1.807, 2.05) is 45.6 Å². The van der Waals surface area contributed by atoms with Gasteiger partial charge in [0.05, 0.1) is 18.2 Å². The molecule has 2 aromatic heterocycles. The zero-order valence-corrected chi connectivity index (χ0v) is 17.9. The lowest BCUT2D eigenvalue weighted by molar-refractivity contribution is 0.382. The molecule has 0 aliphatic heterocycles. The predicted molar refractivity (Wildman–Crippen MR) is 121 cm³/mol. The van der Waals surface area contributed by atoms with E-state index in [9.17, 15) is 10.1 Å². The Labute approximate surface area is 176 Å². The third-order valence-electron chi connectivity index (χ3n) is 5.09. The van der Waals surface area contributed by atoms with Crippen LogP contribution in [0, 0.1) is 11.3 Å². The lowest BCUT2D eigenvalue weighted by Gasteiger charge is -2.13. The van der Waals surface area contributed by atoms with Crippen LogP contribution in [0.4, 0.5) is 0 Å². The summed E-state index contributed by atoms with van der Waals surface area (Å²) in [6, 6.07) is 9.25. The molecule has 3 rings (SSSR count). The Balaban J connectivity index is 1.91. The molecule has 1 aromatic carbocycles. The maximum atomic E-state index is 12.5. The van der Waals surface area contributed by atoms with Crippen LogP contribution in [-0.2, 0) is 13.1 Å². The first-order valence-corrected chi connectivity index (χ1v) is 10.0. The Morgan fingerprint density at radius 2 is 2.10 bits per heavy atom. The number of imidazole rings is 1. The highest BCUT2D eigenvalue weighted by molar-refractivity contribution is 5.89. The van der Waals surface area contributed by atoms with Crippen LogP contribution in [0.3, 0.4) is 0 Å². The summed E-state index contributed by atoms with van der Waals surface area (Å²) in [7, 11) is 4.06. The van der Waals surface area contributed by atoms with Crippen LogP contribution in [0.2, 0.25) is 0 Å². The number of aromatic amines is 1. The number of rotatable bonds is 7. The first-order chi connectivity index (χ1) is 14.4. The van der Waals surface area contributed by atoms with Gasteiger partial charge in [-0.15, -0.1) is 0 Å². The number of hydrogen-bond donors (Lipinski definition) is 1. The molecule has 30 heavy (non-hydrogen) atoms. The highest BCUT2D eigenvalue weighted by Gasteiger charge is 2.08. The molecule has 0 bridgehead atoms. The van der Waals surface area contributed by atoms with Crippen molar-refractivity contribution in [3.8, 4) is 6.07 Å². The summed E-state index contributed by atoms with van der Waals surface area (Å²) in [5.41, 5.74) is 3.24. The Hall–Kier alpha value is -3.43. The quantitative estimate of drug-likeness (QED) is 0.605. The van der Waals surface area contributed by atoms with Crippen LogP contribution in [-0.4, -0.2) is 33.5 Å². The predicted octanol–water partition coefficient (Wildman–Crippen LogP) is 4.10. The molecule has 0 atom stereocenters. The van der Waals surface area contributed by atoms with Gasteiger partial charge in [0.1, 0.15) is 5.82 Å². The van der Waals surface area contributed by atoms with Crippen molar-refractivity contribution in [2.75, 3.05) is 14.1 Å². The van der Waals surface area contributed by atoms with Crippen molar-refractivity contribution >= 4 is 16.3 Å². The molecule has 154 valence electrons. The monoisotopic (exact) mass is 401 g/mol. The number of aromatic nitrogens is 3. The molecular formula is C24H27N5O. The van der Waals surface area contributed by atoms with E-state index in [1.54, 1.807) is 18.2 Å². The van der Waals surface area contributed by atoms with Crippen LogP contribution in [0.15, 0.2) is 59.2 Å². The fourth-order valence-corrected chi connectivity index (χ4v) is 3.35. The molecule has 0 saturated carbocycles. The zero-order chi connectivity index (χ0) is 21.7. The summed E-state index contributed by atoms with van der Waals surface area (Å²) in [6.07, 6.45) is 8.88. The summed E-state index contributed by atoms with van der Waals surface area (Å²) in [6.45, 7) is 5.66. The maximum Gasteiger partial charge on any atom is 0.256 e. The van der Waals surface area contributed by atoms with Crippen LogP contribution >= 0.6 is 0 Å². The molecule has 0 fully saturated rings. The number of fused-ring (bicyclic) bond motifs is 1. The molecule has 0 saturated heterocycles. The van der Waals surface area contributed by atoms with E-state index in [1.165, 1.54) is 5.57 Å². The Kier molecular flexibility index (Phi) is 6.65. The van der Waals surface area contributed by atoms with Gasteiger partial charge in [0, 0.05) is 35.4 Å². The smallest absolute Gasteiger partial charge is 0.256 e. The average molecular weight is 402 g/mol. The lowest BCUT2D eigenvalue weighted by atomic mass is 10.0. The van der Waals surface area contributed by atoms with Crippen molar-refractivity contribution in [1.82, 2.24) is 19.4 Å². The molecule has 0 unspecified atom stereocenters. The standard InChI is InChI=1S/C24H27N5O/c1-5-18(15-29-12-11-26-23(29)16-28(3)4)10-9-17(2)22-13-21-19(14-25)7-6-8-20(21)24(30)27-22/h6-13H,5,15-16H2,1-4H3,(H,27,30)/b17-9+,18-10+. The highest BCUT2D eigenvalue weighted by atomic mass is 16.1. The minimum Gasteiger partial charge on any atom is -0.330 e. The zero-order valence-electron chi connectivity index (χ0n) is 17.9. The van der Waals surface area contributed by atoms with E-state index in [-0.39, 0.29) is 5.56 Å². The minimum absolute atomic E-state index is 0.182. The minimum atomic E-state index is -0.182. The van der Waals surface area contributed by atoms with E-state index >= 15 is 0 Å². The fourth-order valence-electron chi connectivity index (χ4n) is 3.35. The second kappa shape index (κ2) is 9.38. The van der Waals surface area contributed by atoms with Gasteiger partial charge in [-0.3, -0.25) is 4.79 Å². The van der Waals surface area contributed by atoms with Gasteiger partial charge in [0.2, 0.25) is 0 Å². The highest BCUT2D eigenvalue weighted by Crippen LogP contribution is 2.20. The molecule has 3 aromatic rings. The summed E-state index contributed by atoms with van der Waals surface area (Å²) >= 11 is 0. The number of hydrogen-bond acceptors (Lipinski definition) is 4. The van der Waals surface area contributed by atoms with Crippen molar-refractivity contribution in [3.05, 3.63) is 81.8 Å². The Morgan fingerprint density at radius 1 is 1.30 bits per heavy atom. The maximum absolute atomic E-state index is 12.5. The van der Waals surface area contributed by atoms with E-state index in [0.717, 1.165) is 36.6 Å². The largest absolute Gasteiger partial charge is 0.330 e. The van der Waals surface area contributed by atoms with Crippen molar-refractivity contribution < 1.29 is 0 Å². The molecular weight excluding hydrogens is 374 g/mol. The van der Waals surface area contributed by atoms with Crippen molar-refractivity contribution in [3.63, 3.8) is 0 Å². The van der Waals surface area contributed by atoms with Gasteiger partial charge >= 0.3 is 0 Å². The summed E-state index contributed by atoms with van der Waals surface area (Å²) in [5, 5.41) is 10.6. The number of allylic oxidation sites excluding steroid dienone is 4. The van der Waals surface area contributed by atoms with Gasteiger partial charge in [0.25, 0.3) is 5.56 Å². The normalized spacial score (nSPS) is 12.5. The van der Waals surface area contributed by atoms with E-state index < -0.39 is 0 Å². The van der Waals surface area contributed by atoms with Crippen LogP contribution in [0.25, 0.3) is 16.3 Å². The van der Waals surface area contributed by atoms with Crippen molar-refractivity contribution in [1.29, 1.82) is 5.26 Å². The summed E-state index contributed by atoms with van der Waals surface area (Å²) in [4.78, 5) is 22.0. The van der Waals surface area contributed by atoms with Crippen molar-refractivity contribution in [2.24, 2.45) is 0 Å². The number of benzene rings is 1. The Morgan fingerprint density at radius 3 is 2.80 bits per heavy atom. The SMILES string of the molecule is CC/C(=C\C=C(/C)c1cc2c(C#N)cccc2c(=O)[nH]1)Cn1ccnc1CN(C)C. The third-order valence-corrected chi connectivity index (χ3v) is 5.09. The third kappa shape index (κ3) is 4.76. The summed E-state index contributed by atoms with van der Waals surface area (Å²) < 4.78 is 2.16. The van der Waals surface area contributed by atoms with E-state index in [2.05, 4.69) is 38.5 Å². The van der Waals surface area contributed by atoms with Crippen LogP contribution < -0.4 is 5.56 Å². The molecule has 0 radical (unpaired) electrons.